The van der Waals surface area contributed by atoms with Crippen molar-refractivity contribution in [1.82, 2.24) is 4.57 Å². The van der Waals surface area contributed by atoms with Crippen LogP contribution >= 0.6 is 11.6 Å². The molecule has 4 aromatic rings. The summed E-state index contributed by atoms with van der Waals surface area (Å²) in [6.07, 6.45) is 2.06. The Hall–Kier alpha value is -3.24. The summed E-state index contributed by atoms with van der Waals surface area (Å²) < 4.78 is 6.92. The van der Waals surface area contributed by atoms with Crippen LogP contribution in [-0.2, 0) is 11.3 Å². The number of benzene rings is 3. The second kappa shape index (κ2) is 7.41. The Morgan fingerprint density at radius 3 is 2.46 bits per heavy atom. The minimum atomic E-state index is -0.332. The van der Waals surface area contributed by atoms with Crippen molar-refractivity contribution in [1.29, 1.82) is 0 Å². The molecule has 0 spiro atoms. The number of esters is 1. The molecule has 0 fully saturated rings. The van der Waals surface area contributed by atoms with E-state index in [0.29, 0.717) is 22.8 Å². The highest BCUT2D eigenvalue weighted by atomic mass is 35.5. The fraction of sp³-hybridized carbons (Fsp3) is 0.0870. The number of ether oxygens (including phenoxy) is 1. The molecule has 2 N–H and O–H groups in total. The summed E-state index contributed by atoms with van der Waals surface area (Å²) >= 11 is 6.45. The van der Waals surface area contributed by atoms with Crippen molar-refractivity contribution >= 4 is 34.2 Å². The molecule has 0 bridgehead atoms. The van der Waals surface area contributed by atoms with Gasteiger partial charge in [-0.1, -0.05) is 48.0 Å². The van der Waals surface area contributed by atoms with E-state index in [1.54, 1.807) is 18.2 Å². The van der Waals surface area contributed by atoms with Gasteiger partial charge < -0.3 is 15.0 Å². The summed E-state index contributed by atoms with van der Waals surface area (Å²) in [5.74, 6) is -0.332. The fourth-order valence-electron chi connectivity index (χ4n) is 3.41. The van der Waals surface area contributed by atoms with E-state index in [-0.39, 0.29) is 5.97 Å². The van der Waals surface area contributed by atoms with Crippen LogP contribution in [0.3, 0.4) is 0 Å². The van der Waals surface area contributed by atoms with E-state index in [0.717, 1.165) is 27.6 Å². The number of hydrogen-bond donors (Lipinski definition) is 1. The molecule has 4 rings (SSSR count). The standard InChI is InChI=1S/C23H19ClN2O2/c1-28-23(27)16-10-8-15(9-11-16)14-26-13-12-18-17(4-3-7-21(18)26)19-5-2-6-20(25)22(19)24/h2-13H,14,25H2,1H3. The molecular weight excluding hydrogens is 372 g/mol. The molecule has 1 heterocycles. The molecule has 140 valence electrons. The highest BCUT2D eigenvalue weighted by Gasteiger charge is 2.12. The van der Waals surface area contributed by atoms with Crippen molar-refractivity contribution in [3.8, 4) is 11.1 Å². The maximum absolute atomic E-state index is 11.6. The van der Waals surface area contributed by atoms with Gasteiger partial charge in [0.2, 0.25) is 0 Å². The van der Waals surface area contributed by atoms with Crippen molar-refractivity contribution in [2.45, 2.75) is 6.54 Å². The summed E-state index contributed by atoms with van der Waals surface area (Å²) in [5.41, 5.74) is 11.3. The predicted octanol–water partition coefficient (Wildman–Crippen LogP) is 5.38. The highest BCUT2D eigenvalue weighted by molar-refractivity contribution is 6.36. The van der Waals surface area contributed by atoms with Crippen LogP contribution in [0.1, 0.15) is 15.9 Å². The molecule has 3 aromatic carbocycles. The van der Waals surface area contributed by atoms with E-state index in [1.165, 1.54) is 7.11 Å². The molecule has 0 aliphatic rings. The number of methoxy groups -OCH3 is 1. The number of nitrogens with two attached hydrogens (primary N) is 1. The Kier molecular flexibility index (Phi) is 4.80. The lowest BCUT2D eigenvalue weighted by molar-refractivity contribution is 0.0600. The molecule has 5 heteroatoms. The number of carbonyl (C=O) groups is 1. The Balaban J connectivity index is 1.71. The topological polar surface area (TPSA) is 57.2 Å². The SMILES string of the molecule is COC(=O)c1ccc(Cn2ccc3c(-c4cccc(N)c4Cl)cccc32)cc1. The molecule has 28 heavy (non-hydrogen) atoms. The van der Waals surface area contributed by atoms with Crippen LogP contribution in [0.4, 0.5) is 5.69 Å². The van der Waals surface area contributed by atoms with Crippen molar-refractivity contribution in [3.63, 3.8) is 0 Å². The number of nitrogens with zero attached hydrogens (tertiary/aromatic N) is 1. The zero-order chi connectivity index (χ0) is 19.7. The summed E-state index contributed by atoms with van der Waals surface area (Å²) in [7, 11) is 1.38. The third-order valence-corrected chi connectivity index (χ3v) is 5.28. The zero-order valence-corrected chi connectivity index (χ0v) is 16.1. The van der Waals surface area contributed by atoms with Gasteiger partial charge >= 0.3 is 5.97 Å². The van der Waals surface area contributed by atoms with Gasteiger partial charge in [0.25, 0.3) is 0 Å². The molecule has 0 aliphatic carbocycles. The molecule has 4 nitrogen and oxygen atoms in total. The van der Waals surface area contributed by atoms with Crippen LogP contribution in [0.5, 0.6) is 0 Å². The number of aromatic nitrogens is 1. The molecule has 0 saturated heterocycles. The first kappa shape index (κ1) is 18.1. The normalized spacial score (nSPS) is 10.9. The average molecular weight is 391 g/mol. The number of carbonyl (C=O) groups excluding carboxylic acids is 1. The smallest absolute Gasteiger partial charge is 0.337 e. The van der Waals surface area contributed by atoms with Gasteiger partial charge in [0, 0.05) is 29.2 Å². The number of hydrogen-bond acceptors (Lipinski definition) is 3. The number of anilines is 1. The maximum atomic E-state index is 11.6. The molecule has 0 saturated carbocycles. The first-order valence-corrected chi connectivity index (χ1v) is 9.26. The summed E-state index contributed by atoms with van der Waals surface area (Å²) in [5, 5.41) is 1.68. The van der Waals surface area contributed by atoms with Gasteiger partial charge in [-0.3, -0.25) is 0 Å². The van der Waals surface area contributed by atoms with Crippen molar-refractivity contribution in [3.05, 3.63) is 89.1 Å². The summed E-state index contributed by atoms with van der Waals surface area (Å²) in [6, 6.07) is 21.4. The molecule has 0 aliphatic heterocycles. The minimum absolute atomic E-state index is 0.332. The van der Waals surface area contributed by atoms with E-state index in [4.69, 9.17) is 22.1 Å². The van der Waals surface area contributed by atoms with Crippen LogP contribution in [0.25, 0.3) is 22.0 Å². The predicted molar refractivity (Wildman–Crippen MR) is 114 cm³/mol. The first-order valence-electron chi connectivity index (χ1n) is 8.88. The van der Waals surface area contributed by atoms with Crippen molar-refractivity contribution in [2.24, 2.45) is 0 Å². The molecule has 0 unspecified atom stereocenters. The Labute approximate surface area is 168 Å². The van der Waals surface area contributed by atoms with Crippen molar-refractivity contribution in [2.75, 3.05) is 12.8 Å². The van der Waals surface area contributed by atoms with Crippen LogP contribution < -0.4 is 5.73 Å². The molecule has 0 radical (unpaired) electrons. The third-order valence-electron chi connectivity index (χ3n) is 4.86. The Bertz CT molecular complexity index is 1160. The maximum Gasteiger partial charge on any atom is 0.337 e. The number of rotatable bonds is 4. The van der Waals surface area contributed by atoms with E-state index in [9.17, 15) is 4.79 Å². The first-order chi connectivity index (χ1) is 13.6. The fourth-order valence-corrected chi connectivity index (χ4v) is 3.64. The van der Waals surface area contributed by atoms with Crippen LogP contribution in [0, 0.1) is 0 Å². The number of nitrogen functional groups attached to an aromatic ring is 1. The Morgan fingerprint density at radius 1 is 1.00 bits per heavy atom. The van der Waals surface area contributed by atoms with Gasteiger partial charge in [0.15, 0.2) is 0 Å². The lowest BCUT2D eigenvalue weighted by Crippen LogP contribution is -2.02. The Morgan fingerprint density at radius 2 is 1.71 bits per heavy atom. The largest absolute Gasteiger partial charge is 0.465 e. The molecule has 0 atom stereocenters. The van der Waals surface area contributed by atoms with Crippen molar-refractivity contribution < 1.29 is 9.53 Å². The second-order valence-electron chi connectivity index (χ2n) is 6.58. The molecule has 0 amide bonds. The quantitative estimate of drug-likeness (QED) is 0.376. The minimum Gasteiger partial charge on any atom is -0.465 e. The van der Waals surface area contributed by atoms with Gasteiger partial charge in [-0.05, 0) is 41.5 Å². The summed E-state index contributed by atoms with van der Waals surface area (Å²) in [4.78, 5) is 11.6. The van der Waals surface area contributed by atoms with Gasteiger partial charge in [-0.2, -0.15) is 0 Å². The summed E-state index contributed by atoms with van der Waals surface area (Å²) in [6.45, 7) is 0.694. The van der Waals surface area contributed by atoms with Crippen LogP contribution in [0.15, 0.2) is 72.9 Å². The van der Waals surface area contributed by atoms with Gasteiger partial charge in [-0.15, -0.1) is 0 Å². The lowest BCUT2D eigenvalue weighted by Gasteiger charge is -2.10. The zero-order valence-electron chi connectivity index (χ0n) is 15.4. The average Bonchev–Trinajstić information content (AvgIpc) is 3.13. The van der Waals surface area contributed by atoms with E-state index >= 15 is 0 Å². The van der Waals surface area contributed by atoms with Crippen LogP contribution in [0.2, 0.25) is 5.02 Å². The van der Waals surface area contributed by atoms with Gasteiger partial charge in [-0.25, -0.2) is 4.79 Å². The second-order valence-corrected chi connectivity index (χ2v) is 6.96. The van der Waals surface area contributed by atoms with E-state index in [1.807, 2.05) is 30.3 Å². The molecular formula is C23H19ClN2O2. The van der Waals surface area contributed by atoms with Crippen LogP contribution in [-0.4, -0.2) is 17.6 Å². The van der Waals surface area contributed by atoms with E-state index in [2.05, 4.69) is 29.0 Å². The number of halogens is 1. The molecule has 1 aromatic heterocycles. The lowest BCUT2D eigenvalue weighted by atomic mass is 10.0. The monoisotopic (exact) mass is 390 g/mol. The number of fused-ring (bicyclic) bond motifs is 1. The van der Waals surface area contributed by atoms with Gasteiger partial charge in [0.05, 0.1) is 23.4 Å². The van der Waals surface area contributed by atoms with E-state index < -0.39 is 0 Å². The highest BCUT2D eigenvalue weighted by Crippen LogP contribution is 2.36. The van der Waals surface area contributed by atoms with Gasteiger partial charge in [0.1, 0.15) is 0 Å². The third kappa shape index (κ3) is 3.23.